The second-order valence-electron chi connectivity index (χ2n) is 8.33. The van der Waals surface area contributed by atoms with Crippen LogP contribution in [0.25, 0.3) is 0 Å². The molecule has 6 nitrogen and oxygen atoms in total. The minimum atomic E-state index is -0.221. The van der Waals surface area contributed by atoms with Crippen LogP contribution in [0.3, 0.4) is 0 Å². The van der Waals surface area contributed by atoms with E-state index in [1.807, 2.05) is 25.1 Å². The number of carbonyl (C=O) groups is 1. The first kappa shape index (κ1) is 23.2. The Morgan fingerprint density at radius 3 is 2.52 bits per heavy atom. The van der Waals surface area contributed by atoms with E-state index < -0.39 is 0 Å². The van der Waals surface area contributed by atoms with Crippen LogP contribution in [0.2, 0.25) is 5.02 Å². The molecular formula is C26H28ClN3O3. The molecule has 0 spiro atoms. The summed E-state index contributed by atoms with van der Waals surface area (Å²) >= 11 is 6.26. The van der Waals surface area contributed by atoms with Crippen molar-refractivity contribution in [2.45, 2.75) is 19.5 Å². The van der Waals surface area contributed by atoms with Gasteiger partial charge in [-0.25, -0.2) is 0 Å². The van der Waals surface area contributed by atoms with Gasteiger partial charge in [0.15, 0.2) is 0 Å². The fourth-order valence-corrected chi connectivity index (χ4v) is 4.11. The van der Waals surface area contributed by atoms with E-state index in [0.717, 1.165) is 24.2 Å². The molecule has 1 atom stereocenters. The molecule has 33 heavy (non-hydrogen) atoms. The average Bonchev–Trinajstić information content (AvgIpc) is 2.82. The Balaban J connectivity index is 1.55. The number of rotatable bonds is 7. The largest absolute Gasteiger partial charge is 0.379 e. The summed E-state index contributed by atoms with van der Waals surface area (Å²) in [7, 11) is 0. The summed E-state index contributed by atoms with van der Waals surface area (Å²) in [5.74, 6) is -0.221. The second kappa shape index (κ2) is 10.8. The zero-order chi connectivity index (χ0) is 23.2. The maximum absolute atomic E-state index is 13.2. The van der Waals surface area contributed by atoms with Crippen molar-refractivity contribution < 1.29 is 9.53 Å². The number of carbonyl (C=O) groups excluding carboxylic acids is 1. The molecule has 2 aromatic carbocycles. The predicted molar refractivity (Wildman–Crippen MR) is 130 cm³/mol. The van der Waals surface area contributed by atoms with E-state index in [2.05, 4.69) is 34.5 Å². The molecule has 1 amide bonds. The molecule has 4 rings (SSSR count). The van der Waals surface area contributed by atoms with Gasteiger partial charge < -0.3 is 14.6 Å². The fourth-order valence-electron chi connectivity index (χ4n) is 3.92. The number of morpholine rings is 1. The number of amides is 1. The monoisotopic (exact) mass is 465 g/mol. The lowest BCUT2D eigenvalue weighted by atomic mass is 10.0. The SMILES string of the molecule is Cc1ccc(C(CN2CCOCC2)NC(=O)c2ccc(=O)n(Cc3ccccc3Cl)c2)cc1. The van der Waals surface area contributed by atoms with Crippen molar-refractivity contribution in [3.63, 3.8) is 0 Å². The first-order valence-electron chi connectivity index (χ1n) is 11.1. The molecule has 0 bridgehead atoms. The van der Waals surface area contributed by atoms with Crippen molar-refractivity contribution in [1.82, 2.24) is 14.8 Å². The van der Waals surface area contributed by atoms with Crippen LogP contribution in [0, 0.1) is 6.92 Å². The van der Waals surface area contributed by atoms with Gasteiger partial charge in [-0.3, -0.25) is 14.5 Å². The summed E-state index contributed by atoms with van der Waals surface area (Å²) in [5.41, 5.74) is 3.28. The van der Waals surface area contributed by atoms with Gasteiger partial charge >= 0.3 is 0 Å². The van der Waals surface area contributed by atoms with Crippen LogP contribution >= 0.6 is 11.6 Å². The summed E-state index contributed by atoms with van der Waals surface area (Å²) in [6, 6.07) is 18.4. The van der Waals surface area contributed by atoms with Crippen molar-refractivity contribution in [3.8, 4) is 0 Å². The van der Waals surface area contributed by atoms with Gasteiger partial charge in [0.1, 0.15) is 0 Å². The van der Waals surface area contributed by atoms with E-state index in [0.29, 0.717) is 36.9 Å². The van der Waals surface area contributed by atoms with Crippen LogP contribution in [0.5, 0.6) is 0 Å². The van der Waals surface area contributed by atoms with Crippen LogP contribution in [0.1, 0.15) is 33.1 Å². The Bertz CT molecular complexity index is 1150. The molecule has 2 heterocycles. The number of aromatic nitrogens is 1. The first-order valence-corrected chi connectivity index (χ1v) is 11.5. The molecule has 1 aromatic heterocycles. The Kier molecular flexibility index (Phi) is 7.60. The highest BCUT2D eigenvalue weighted by Crippen LogP contribution is 2.18. The molecule has 1 aliphatic rings. The summed E-state index contributed by atoms with van der Waals surface area (Å²) in [6.07, 6.45) is 1.60. The topological polar surface area (TPSA) is 63.6 Å². The lowest BCUT2D eigenvalue weighted by Crippen LogP contribution is -2.43. The van der Waals surface area contributed by atoms with Crippen molar-refractivity contribution >= 4 is 17.5 Å². The summed E-state index contributed by atoms with van der Waals surface area (Å²) in [4.78, 5) is 27.9. The minimum absolute atomic E-state index is 0.180. The summed E-state index contributed by atoms with van der Waals surface area (Å²) < 4.78 is 6.98. The standard InChI is InChI=1S/C26H28ClN3O3/c1-19-6-8-20(9-7-19)24(18-29-12-14-33-15-13-29)28-26(32)22-10-11-25(31)30(17-22)16-21-4-2-3-5-23(21)27/h2-11,17,24H,12-16,18H2,1H3,(H,28,32). The van der Waals surface area contributed by atoms with Gasteiger partial charge in [0.05, 0.1) is 31.4 Å². The number of hydrogen-bond donors (Lipinski definition) is 1. The van der Waals surface area contributed by atoms with Crippen molar-refractivity contribution in [3.05, 3.63) is 104 Å². The zero-order valence-electron chi connectivity index (χ0n) is 18.7. The quantitative estimate of drug-likeness (QED) is 0.578. The van der Waals surface area contributed by atoms with Crippen LogP contribution < -0.4 is 10.9 Å². The third-order valence-corrected chi connectivity index (χ3v) is 6.24. The number of nitrogens with zero attached hydrogens (tertiary/aromatic N) is 2. The number of pyridine rings is 1. The fraction of sp³-hybridized carbons (Fsp3) is 0.308. The lowest BCUT2D eigenvalue weighted by Gasteiger charge is -2.31. The van der Waals surface area contributed by atoms with Gasteiger partial charge in [0.2, 0.25) is 0 Å². The number of benzene rings is 2. The second-order valence-corrected chi connectivity index (χ2v) is 8.73. The lowest BCUT2D eigenvalue weighted by molar-refractivity contribution is 0.0332. The molecule has 172 valence electrons. The zero-order valence-corrected chi connectivity index (χ0v) is 19.4. The van der Waals surface area contributed by atoms with Crippen molar-refractivity contribution in [2.75, 3.05) is 32.8 Å². The highest BCUT2D eigenvalue weighted by molar-refractivity contribution is 6.31. The van der Waals surface area contributed by atoms with E-state index in [1.165, 1.54) is 16.2 Å². The molecule has 0 saturated carbocycles. The van der Waals surface area contributed by atoms with E-state index in [1.54, 1.807) is 18.3 Å². The van der Waals surface area contributed by atoms with Gasteiger partial charge in [0.25, 0.3) is 11.5 Å². The third kappa shape index (κ3) is 6.11. The van der Waals surface area contributed by atoms with Crippen molar-refractivity contribution in [1.29, 1.82) is 0 Å². The summed E-state index contributed by atoms with van der Waals surface area (Å²) in [5, 5.41) is 3.76. The van der Waals surface area contributed by atoms with E-state index in [4.69, 9.17) is 16.3 Å². The normalized spacial score (nSPS) is 15.2. The Hall–Kier alpha value is -2.93. The van der Waals surface area contributed by atoms with Crippen LogP contribution in [0.15, 0.2) is 71.7 Å². The maximum Gasteiger partial charge on any atom is 0.253 e. The van der Waals surface area contributed by atoms with Crippen LogP contribution in [-0.2, 0) is 11.3 Å². The van der Waals surface area contributed by atoms with Gasteiger partial charge in [-0.15, -0.1) is 0 Å². The predicted octanol–water partition coefficient (Wildman–Crippen LogP) is 3.66. The molecule has 1 aliphatic heterocycles. The number of nitrogens with one attached hydrogen (secondary N) is 1. The van der Waals surface area contributed by atoms with Gasteiger partial charge in [-0.1, -0.05) is 59.6 Å². The molecule has 7 heteroatoms. The molecule has 1 saturated heterocycles. The maximum atomic E-state index is 13.2. The number of aryl methyl sites for hydroxylation is 1. The number of ether oxygens (including phenoxy) is 1. The Morgan fingerprint density at radius 2 is 1.79 bits per heavy atom. The van der Waals surface area contributed by atoms with Gasteiger partial charge in [-0.2, -0.15) is 0 Å². The van der Waals surface area contributed by atoms with Crippen molar-refractivity contribution in [2.24, 2.45) is 0 Å². The molecule has 1 fully saturated rings. The molecule has 0 radical (unpaired) electrons. The minimum Gasteiger partial charge on any atom is -0.379 e. The molecular weight excluding hydrogens is 438 g/mol. The number of hydrogen-bond acceptors (Lipinski definition) is 4. The van der Waals surface area contributed by atoms with Crippen LogP contribution in [0.4, 0.5) is 0 Å². The van der Waals surface area contributed by atoms with Crippen LogP contribution in [-0.4, -0.2) is 48.2 Å². The van der Waals surface area contributed by atoms with Gasteiger partial charge in [0, 0.05) is 36.9 Å². The summed E-state index contributed by atoms with van der Waals surface area (Å²) in [6.45, 7) is 6.10. The highest BCUT2D eigenvalue weighted by atomic mass is 35.5. The Labute approximate surface area is 198 Å². The molecule has 1 N–H and O–H groups in total. The highest BCUT2D eigenvalue weighted by Gasteiger charge is 2.21. The number of halogens is 1. The molecule has 0 aliphatic carbocycles. The molecule has 3 aromatic rings. The third-order valence-electron chi connectivity index (χ3n) is 5.87. The average molecular weight is 466 g/mol. The molecule has 1 unspecified atom stereocenters. The smallest absolute Gasteiger partial charge is 0.253 e. The van der Waals surface area contributed by atoms with E-state index >= 15 is 0 Å². The Morgan fingerprint density at radius 1 is 1.06 bits per heavy atom. The van der Waals surface area contributed by atoms with Gasteiger partial charge in [-0.05, 0) is 30.2 Å². The van der Waals surface area contributed by atoms with E-state index in [9.17, 15) is 9.59 Å². The van der Waals surface area contributed by atoms with E-state index in [-0.39, 0.29) is 17.5 Å². The first-order chi connectivity index (χ1) is 16.0.